The molecule has 94 valence electrons. The molecule has 2 nitrogen and oxygen atoms in total. The zero-order valence-electron chi connectivity index (χ0n) is 10.6. The van der Waals surface area contributed by atoms with Crippen LogP contribution in [0.15, 0.2) is 28.7 Å². The lowest BCUT2D eigenvalue weighted by atomic mass is 9.90. The molecule has 2 rings (SSSR count). The van der Waals surface area contributed by atoms with Crippen LogP contribution in [0.2, 0.25) is 0 Å². The van der Waals surface area contributed by atoms with Crippen LogP contribution in [-0.4, -0.2) is 23.5 Å². The van der Waals surface area contributed by atoms with Crippen LogP contribution in [0.1, 0.15) is 38.3 Å². The summed E-state index contributed by atoms with van der Waals surface area (Å²) in [4.78, 5) is 2.52. The first kappa shape index (κ1) is 13.1. The van der Waals surface area contributed by atoms with Gasteiger partial charge in [-0.1, -0.05) is 34.1 Å². The quantitative estimate of drug-likeness (QED) is 0.907. The van der Waals surface area contributed by atoms with Crippen LogP contribution in [-0.2, 0) is 0 Å². The minimum atomic E-state index is 0.241. The van der Waals surface area contributed by atoms with Gasteiger partial charge in [0, 0.05) is 16.6 Å². The average Bonchev–Trinajstić information content (AvgIpc) is 2.30. The lowest BCUT2D eigenvalue weighted by molar-refractivity contribution is 0.0943. The Bertz CT molecular complexity index is 378. The lowest BCUT2D eigenvalue weighted by Crippen LogP contribution is -2.48. The highest BCUT2D eigenvalue weighted by atomic mass is 79.9. The SMILES string of the molecule is CC(C)N1CCCC(N)C1c1ccccc1Br. The molecule has 1 heterocycles. The average molecular weight is 297 g/mol. The van der Waals surface area contributed by atoms with Crippen molar-refractivity contribution in [3.05, 3.63) is 34.3 Å². The summed E-state index contributed by atoms with van der Waals surface area (Å²) < 4.78 is 1.17. The standard InChI is InChI=1S/C14H21BrN2/c1-10(2)17-9-5-8-13(16)14(17)11-6-3-4-7-12(11)15/h3-4,6-7,10,13-14H,5,8-9,16H2,1-2H3. The summed E-state index contributed by atoms with van der Waals surface area (Å²) in [5.74, 6) is 0. The van der Waals surface area contributed by atoms with Gasteiger partial charge in [0.1, 0.15) is 0 Å². The maximum atomic E-state index is 6.35. The van der Waals surface area contributed by atoms with Gasteiger partial charge in [-0.3, -0.25) is 4.90 Å². The zero-order chi connectivity index (χ0) is 12.4. The van der Waals surface area contributed by atoms with Gasteiger partial charge >= 0.3 is 0 Å². The third-order valence-corrected chi connectivity index (χ3v) is 4.33. The molecule has 0 aromatic heterocycles. The number of likely N-dealkylation sites (tertiary alicyclic amines) is 1. The van der Waals surface area contributed by atoms with E-state index in [4.69, 9.17) is 5.73 Å². The fraction of sp³-hybridized carbons (Fsp3) is 0.571. The van der Waals surface area contributed by atoms with Gasteiger partial charge in [0.05, 0.1) is 6.04 Å². The largest absolute Gasteiger partial charge is 0.326 e. The van der Waals surface area contributed by atoms with Gasteiger partial charge in [-0.15, -0.1) is 0 Å². The Labute approximate surface area is 112 Å². The first-order chi connectivity index (χ1) is 8.11. The van der Waals surface area contributed by atoms with E-state index in [0.29, 0.717) is 12.1 Å². The highest BCUT2D eigenvalue weighted by Gasteiger charge is 2.32. The molecule has 0 spiro atoms. The van der Waals surface area contributed by atoms with Crippen molar-refractivity contribution in [3.8, 4) is 0 Å². The molecule has 1 fully saturated rings. The molecule has 2 N–H and O–H groups in total. The number of benzene rings is 1. The normalized spacial score (nSPS) is 26.4. The Kier molecular flexibility index (Phi) is 4.23. The molecule has 0 bridgehead atoms. The van der Waals surface area contributed by atoms with Crippen molar-refractivity contribution in [2.75, 3.05) is 6.54 Å². The van der Waals surface area contributed by atoms with Crippen LogP contribution in [0.5, 0.6) is 0 Å². The van der Waals surface area contributed by atoms with Gasteiger partial charge in [-0.25, -0.2) is 0 Å². The van der Waals surface area contributed by atoms with Gasteiger partial charge in [0.2, 0.25) is 0 Å². The Morgan fingerprint density at radius 1 is 1.35 bits per heavy atom. The minimum Gasteiger partial charge on any atom is -0.326 e. The summed E-state index contributed by atoms with van der Waals surface area (Å²) in [6, 6.07) is 9.58. The van der Waals surface area contributed by atoms with E-state index in [1.807, 2.05) is 0 Å². The van der Waals surface area contributed by atoms with Crippen LogP contribution in [0.25, 0.3) is 0 Å². The molecule has 1 aromatic carbocycles. The summed E-state index contributed by atoms with van der Waals surface area (Å²) in [6.07, 6.45) is 2.33. The molecule has 0 radical (unpaired) electrons. The summed E-state index contributed by atoms with van der Waals surface area (Å²) >= 11 is 3.65. The molecule has 17 heavy (non-hydrogen) atoms. The molecule has 0 saturated carbocycles. The molecule has 1 aliphatic heterocycles. The Morgan fingerprint density at radius 2 is 2.06 bits per heavy atom. The highest BCUT2D eigenvalue weighted by molar-refractivity contribution is 9.10. The third kappa shape index (κ3) is 2.72. The van der Waals surface area contributed by atoms with E-state index in [0.717, 1.165) is 13.0 Å². The van der Waals surface area contributed by atoms with Gasteiger partial charge in [0.15, 0.2) is 0 Å². The summed E-state index contributed by atoms with van der Waals surface area (Å²) in [6.45, 7) is 5.65. The molecule has 1 aromatic rings. The fourth-order valence-corrected chi connectivity index (χ4v) is 3.28. The second kappa shape index (κ2) is 5.51. The third-order valence-electron chi connectivity index (χ3n) is 3.60. The Balaban J connectivity index is 2.35. The molecule has 2 atom stereocenters. The van der Waals surface area contributed by atoms with Crippen molar-refractivity contribution in [2.24, 2.45) is 5.73 Å². The van der Waals surface area contributed by atoms with Crippen LogP contribution in [0, 0.1) is 0 Å². The molecular weight excluding hydrogens is 276 g/mol. The Morgan fingerprint density at radius 3 is 2.71 bits per heavy atom. The smallest absolute Gasteiger partial charge is 0.0513 e. The monoisotopic (exact) mass is 296 g/mol. The van der Waals surface area contributed by atoms with Crippen LogP contribution in [0.3, 0.4) is 0 Å². The van der Waals surface area contributed by atoms with Crippen molar-refractivity contribution >= 4 is 15.9 Å². The molecule has 1 aliphatic rings. The van der Waals surface area contributed by atoms with E-state index >= 15 is 0 Å². The number of hydrogen-bond donors (Lipinski definition) is 1. The fourth-order valence-electron chi connectivity index (χ4n) is 2.76. The molecule has 2 unspecified atom stereocenters. The highest BCUT2D eigenvalue weighted by Crippen LogP contribution is 2.35. The molecule has 0 amide bonds. The molecule has 3 heteroatoms. The molecule has 1 saturated heterocycles. The van der Waals surface area contributed by atoms with Crippen molar-refractivity contribution in [1.29, 1.82) is 0 Å². The second-order valence-corrected chi connectivity index (χ2v) is 5.96. The predicted molar refractivity (Wildman–Crippen MR) is 75.9 cm³/mol. The van der Waals surface area contributed by atoms with Crippen molar-refractivity contribution in [3.63, 3.8) is 0 Å². The summed E-state index contributed by atoms with van der Waals surface area (Å²) in [5.41, 5.74) is 7.67. The first-order valence-electron chi connectivity index (χ1n) is 6.37. The van der Waals surface area contributed by atoms with Gasteiger partial charge in [0.25, 0.3) is 0 Å². The van der Waals surface area contributed by atoms with Crippen LogP contribution >= 0.6 is 15.9 Å². The number of halogens is 1. The van der Waals surface area contributed by atoms with Crippen molar-refractivity contribution < 1.29 is 0 Å². The van der Waals surface area contributed by atoms with Gasteiger partial charge < -0.3 is 5.73 Å². The van der Waals surface area contributed by atoms with Crippen molar-refractivity contribution in [1.82, 2.24) is 4.90 Å². The number of piperidine rings is 1. The minimum absolute atomic E-state index is 0.241. The topological polar surface area (TPSA) is 29.3 Å². The van der Waals surface area contributed by atoms with Crippen LogP contribution < -0.4 is 5.73 Å². The maximum absolute atomic E-state index is 6.35. The number of nitrogens with zero attached hydrogens (tertiary/aromatic N) is 1. The van der Waals surface area contributed by atoms with E-state index < -0.39 is 0 Å². The molecular formula is C14H21BrN2. The van der Waals surface area contributed by atoms with Crippen LogP contribution in [0.4, 0.5) is 0 Å². The number of nitrogens with two attached hydrogens (primary N) is 1. The van der Waals surface area contributed by atoms with E-state index in [-0.39, 0.29) is 6.04 Å². The van der Waals surface area contributed by atoms with E-state index in [9.17, 15) is 0 Å². The number of rotatable bonds is 2. The summed E-state index contributed by atoms with van der Waals surface area (Å²) in [5, 5.41) is 0. The molecule has 0 aliphatic carbocycles. The van der Waals surface area contributed by atoms with E-state index in [1.54, 1.807) is 0 Å². The first-order valence-corrected chi connectivity index (χ1v) is 7.16. The number of hydrogen-bond acceptors (Lipinski definition) is 2. The zero-order valence-corrected chi connectivity index (χ0v) is 12.2. The van der Waals surface area contributed by atoms with Crippen molar-refractivity contribution in [2.45, 2.75) is 44.8 Å². The van der Waals surface area contributed by atoms with Gasteiger partial charge in [-0.05, 0) is 44.9 Å². The van der Waals surface area contributed by atoms with E-state index in [1.165, 1.54) is 16.5 Å². The maximum Gasteiger partial charge on any atom is 0.0513 e. The summed E-state index contributed by atoms with van der Waals surface area (Å²) in [7, 11) is 0. The lowest BCUT2D eigenvalue weighted by Gasteiger charge is -2.43. The van der Waals surface area contributed by atoms with Gasteiger partial charge in [-0.2, -0.15) is 0 Å². The predicted octanol–water partition coefficient (Wildman–Crippen LogP) is 3.32. The second-order valence-electron chi connectivity index (χ2n) is 5.10. The Hall–Kier alpha value is -0.380. The van der Waals surface area contributed by atoms with E-state index in [2.05, 4.69) is 58.9 Å².